The zero-order valence-electron chi connectivity index (χ0n) is 9.28. The summed E-state index contributed by atoms with van der Waals surface area (Å²) in [6, 6.07) is 4.06. The lowest BCUT2D eigenvalue weighted by Crippen LogP contribution is -2.18. The summed E-state index contributed by atoms with van der Waals surface area (Å²) in [6.07, 6.45) is 0.848. The quantitative estimate of drug-likeness (QED) is 0.732. The molecule has 1 aromatic rings. The Morgan fingerprint density at radius 2 is 2.27 bits per heavy atom. The average molecular weight is 221 g/mol. The topological polar surface area (TPSA) is 40.9 Å². The van der Waals surface area contributed by atoms with Gasteiger partial charge in [0.05, 0.1) is 10.9 Å². The number of Topliss-reactive ketones (excluding diaryl/α,β-unsaturated/α-hetero) is 1. The highest BCUT2D eigenvalue weighted by molar-refractivity contribution is 7.12. The molecule has 0 radical (unpaired) electrons. The number of nitriles is 1. The molecule has 0 fully saturated rings. The zero-order chi connectivity index (χ0) is 11.4. The van der Waals surface area contributed by atoms with Crippen LogP contribution in [0.1, 0.15) is 36.0 Å². The third kappa shape index (κ3) is 2.45. The first-order valence-corrected chi connectivity index (χ1v) is 6.00. The van der Waals surface area contributed by atoms with E-state index < -0.39 is 5.92 Å². The third-order valence-electron chi connectivity index (χ3n) is 2.44. The Kier molecular flexibility index (Phi) is 4.05. The van der Waals surface area contributed by atoms with Gasteiger partial charge in [-0.1, -0.05) is 20.8 Å². The molecule has 1 rings (SSSR count). The van der Waals surface area contributed by atoms with E-state index >= 15 is 0 Å². The van der Waals surface area contributed by atoms with Crippen molar-refractivity contribution in [2.75, 3.05) is 0 Å². The van der Waals surface area contributed by atoms with Crippen LogP contribution in [0.5, 0.6) is 0 Å². The first-order chi connectivity index (χ1) is 7.11. The van der Waals surface area contributed by atoms with Crippen molar-refractivity contribution in [3.05, 3.63) is 21.9 Å². The lowest BCUT2D eigenvalue weighted by atomic mass is 9.91. The number of rotatable bonds is 4. The summed E-state index contributed by atoms with van der Waals surface area (Å²) in [5, 5.41) is 10.9. The number of carbonyl (C=O) groups excluding carboxylic acids is 1. The number of ketones is 1. The Morgan fingerprint density at radius 1 is 1.60 bits per heavy atom. The molecule has 0 spiro atoms. The maximum absolute atomic E-state index is 12.0. The van der Waals surface area contributed by atoms with E-state index in [4.69, 9.17) is 5.26 Å². The van der Waals surface area contributed by atoms with Crippen molar-refractivity contribution in [1.29, 1.82) is 5.26 Å². The predicted molar refractivity (Wildman–Crippen MR) is 62.0 cm³/mol. The van der Waals surface area contributed by atoms with Crippen molar-refractivity contribution in [2.45, 2.75) is 27.2 Å². The van der Waals surface area contributed by atoms with Gasteiger partial charge in [-0.05, 0) is 29.3 Å². The molecular formula is C12H15NOS. The molecule has 1 heterocycles. The largest absolute Gasteiger partial charge is 0.292 e. The highest BCUT2D eigenvalue weighted by atomic mass is 32.1. The fraction of sp³-hybridized carbons (Fsp3) is 0.500. The van der Waals surface area contributed by atoms with Crippen LogP contribution in [0.25, 0.3) is 0 Å². The van der Waals surface area contributed by atoms with Crippen LogP contribution in [0, 0.1) is 23.2 Å². The smallest absolute Gasteiger partial charge is 0.190 e. The summed E-state index contributed by atoms with van der Waals surface area (Å²) in [5.41, 5.74) is 1.06. The summed E-state index contributed by atoms with van der Waals surface area (Å²) in [4.78, 5) is 12.8. The van der Waals surface area contributed by atoms with Gasteiger partial charge in [-0.3, -0.25) is 4.79 Å². The lowest BCUT2D eigenvalue weighted by Gasteiger charge is -2.11. The lowest BCUT2D eigenvalue weighted by molar-refractivity contribution is 0.0928. The minimum Gasteiger partial charge on any atom is -0.292 e. The number of nitrogens with zero attached hydrogens (tertiary/aromatic N) is 1. The molecule has 0 aliphatic heterocycles. The second kappa shape index (κ2) is 5.09. The van der Waals surface area contributed by atoms with Gasteiger partial charge in [-0.25, -0.2) is 0 Å². The molecule has 0 bridgehead atoms. The Bertz CT molecular complexity index is 387. The van der Waals surface area contributed by atoms with Gasteiger partial charge in [0.25, 0.3) is 0 Å². The minimum absolute atomic E-state index is 0.0145. The summed E-state index contributed by atoms with van der Waals surface area (Å²) in [6.45, 7) is 5.84. The van der Waals surface area contributed by atoms with Crippen molar-refractivity contribution < 1.29 is 4.79 Å². The van der Waals surface area contributed by atoms with Crippen LogP contribution < -0.4 is 0 Å². The van der Waals surface area contributed by atoms with Crippen molar-refractivity contribution in [1.82, 2.24) is 0 Å². The van der Waals surface area contributed by atoms with Crippen molar-refractivity contribution in [2.24, 2.45) is 11.8 Å². The molecule has 0 saturated heterocycles. The van der Waals surface area contributed by atoms with E-state index in [0.717, 1.165) is 16.9 Å². The fourth-order valence-electron chi connectivity index (χ4n) is 1.48. The molecule has 0 aromatic carbocycles. The van der Waals surface area contributed by atoms with Crippen LogP contribution in [0.3, 0.4) is 0 Å². The number of hydrogen-bond donors (Lipinski definition) is 0. The molecule has 0 aliphatic rings. The van der Waals surface area contributed by atoms with Crippen LogP contribution in [-0.2, 0) is 6.42 Å². The van der Waals surface area contributed by atoms with Gasteiger partial charge in [0.1, 0.15) is 5.92 Å². The van der Waals surface area contributed by atoms with E-state index in [1.807, 2.05) is 32.2 Å². The van der Waals surface area contributed by atoms with Crippen molar-refractivity contribution in [3.63, 3.8) is 0 Å². The van der Waals surface area contributed by atoms with E-state index in [1.54, 1.807) is 0 Å². The molecule has 0 amide bonds. The molecule has 1 atom stereocenters. The Morgan fingerprint density at radius 3 is 2.73 bits per heavy atom. The standard InChI is InChI=1S/C12H15NOS/c1-4-9-5-6-15-12(9)11(14)10(7-13)8(2)3/h5-6,8,10H,4H2,1-3H3. The summed E-state index contributed by atoms with van der Waals surface area (Å²) >= 11 is 1.44. The Balaban J connectivity index is 2.99. The van der Waals surface area contributed by atoms with E-state index in [-0.39, 0.29) is 11.7 Å². The number of thiophene rings is 1. The normalized spacial score (nSPS) is 12.5. The van der Waals surface area contributed by atoms with E-state index in [2.05, 4.69) is 6.07 Å². The average Bonchev–Trinajstić information content (AvgIpc) is 2.65. The second-order valence-corrected chi connectivity index (χ2v) is 4.76. The fourth-order valence-corrected chi connectivity index (χ4v) is 2.46. The molecule has 1 aromatic heterocycles. The van der Waals surface area contributed by atoms with E-state index in [9.17, 15) is 4.79 Å². The molecule has 80 valence electrons. The number of carbonyl (C=O) groups is 1. The van der Waals surface area contributed by atoms with Gasteiger partial charge >= 0.3 is 0 Å². The molecule has 0 aliphatic carbocycles. The van der Waals surface area contributed by atoms with Gasteiger partial charge in [-0.2, -0.15) is 5.26 Å². The van der Waals surface area contributed by atoms with Gasteiger partial charge in [0, 0.05) is 0 Å². The molecule has 0 N–H and O–H groups in total. The maximum Gasteiger partial charge on any atom is 0.190 e. The van der Waals surface area contributed by atoms with Crippen LogP contribution in [0.2, 0.25) is 0 Å². The Labute approximate surface area is 94.5 Å². The maximum atomic E-state index is 12.0. The highest BCUT2D eigenvalue weighted by Gasteiger charge is 2.25. The summed E-state index contributed by atoms with van der Waals surface area (Å²) in [5.74, 6) is -0.442. The minimum atomic E-state index is -0.506. The van der Waals surface area contributed by atoms with Crippen LogP contribution >= 0.6 is 11.3 Å². The van der Waals surface area contributed by atoms with Crippen molar-refractivity contribution >= 4 is 17.1 Å². The SMILES string of the molecule is CCc1ccsc1C(=O)C(C#N)C(C)C. The number of hydrogen-bond acceptors (Lipinski definition) is 3. The predicted octanol–water partition coefficient (Wildman–Crippen LogP) is 3.29. The number of aryl methyl sites for hydroxylation is 1. The van der Waals surface area contributed by atoms with Crippen molar-refractivity contribution in [3.8, 4) is 6.07 Å². The molecule has 2 nitrogen and oxygen atoms in total. The van der Waals surface area contributed by atoms with Gasteiger partial charge in [-0.15, -0.1) is 11.3 Å². The van der Waals surface area contributed by atoms with Gasteiger partial charge < -0.3 is 0 Å². The van der Waals surface area contributed by atoms with Crippen LogP contribution in [0.15, 0.2) is 11.4 Å². The second-order valence-electron chi connectivity index (χ2n) is 3.84. The van der Waals surface area contributed by atoms with Gasteiger partial charge in [0.2, 0.25) is 0 Å². The van der Waals surface area contributed by atoms with Crippen LogP contribution in [-0.4, -0.2) is 5.78 Å². The Hall–Kier alpha value is -1.14. The molecular weight excluding hydrogens is 206 g/mol. The summed E-state index contributed by atoms with van der Waals surface area (Å²) in [7, 11) is 0. The summed E-state index contributed by atoms with van der Waals surface area (Å²) < 4.78 is 0. The zero-order valence-corrected chi connectivity index (χ0v) is 10.1. The highest BCUT2D eigenvalue weighted by Crippen LogP contribution is 2.24. The van der Waals surface area contributed by atoms with E-state index in [1.165, 1.54) is 11.3 Å². The third-order valence-corrected chi connectivity index (χ3v) is 3.41. The van der Waals surface area contributed by atoms with Gasteiger partial charge in [0.15, 0.2) is 5.78 Å². The van der Waals surface area contributed by atoms with E-state index in [0.29, 0.717) is 0 Å². The molecule has 1 unspecified atom stereocenters. The first kappa shape index (κ1) is 11.9. The monoisotopic (exact) mass is 221 g/mol. The molecule has 15 heavy (non-hydrogen) atoms. The van der Waals surface area contributed by atoms with Crippen LogP contribution in [0.4, 0.5) is 0 Å². The molecule has 3 heteroatoms. The molecule has 0 saturated carbocycles. The first-order valence-electron chi connectivity index (χ1n) is 5.12.